The highest BCUT2D eigenvalue weighted by Gasteiger charge is 2.14. The summed E-state index contributed by atoms with van der Waals surface area (Å²) in [6, 6.07) is 8.40. The fourth-order valence-electron chi connectivity index (χ4n) is 2.15. The lowest BCUT2D eigenvalue weighted by Gasteiger charge is -2.13. The van der Waals surface area contributed by atoms with Gasteiger partial charge in [0.15, 0.2) is 0 Å². The number of benzene rings is 1. The van der Waals surface area contributed by atoms with E-state index in [1.807, 2.05) is 13.8 Å². The summed E-state index contributed by atoms with van der Waals surface area (Å²) < 4.78 is 0. The second kappa shape index (κ2) is 8.03. The van der Waals surface area contributed by atoms with Crippen LogP contribution in [0.2, 0.25) is 0 Å². The third-order valence-electron chi connectivity index (χ3n) is 3.56. The van der Waals surface area contributed by atoms with Crippen LogP contribution in [0.4, 0.5) is 11.6 Å². The van der Waals surface area contributed by atoms with Gasteiger partial charge in [-0.1, -0.05) is 13.8 Å². The number of carbonyl (C=O) groups excluding carboxylic acids is 2. The molecule has 23 heavy (non-hydrogen) atoms. The van der Waals surface area contributed by atoms with E-state index in [1.165, 1.54) is 0 Å². The molecule has 0 fully saturated rings. The fraction of sp³-hybridized carbons (Fsp3) is 0.294. The molecular weight excluding hydrogens is 292 g/mol. The second-order valence-electron chi connectivity index (χ2n) is 5.11. The van der Waals surface area contributed by atoms with Gasteiger partial charge < -0.3 is 5.32 Å². The summed E-state index contributed by atoms with van der Waals surface area (Å²) >= 11 is 0. The summed E-state index contributed by atoms with van der Waals surface area (Å²) in [5, 5.41) is 5.47. The number of rotatable bonds is 6. The van der Waals surface area contributed by atoms with Gasteiger partial charge in [-0.15, -0.1) is 0 Å². The smallest absolute Gasteiger partial charge is 0.258 e. The number of anilines is 2. The summed E-state index contributed by atoms with van der Waals surface area (Å²) in [6.07, 6.45) is 4.72. The lowest BCUT2D eigenvalue weighted by atomic mass is 10.0. The van der Waals surface area contributed by atoms with Crippen molar-refractivity contribution in [2.45, 2.75) is 26.7 Å². The maximum Gasteiger partial charge on any atom is 0.258 e. The Morgan fingerprint density at radius 2 is 1.61 bits per heavy atom. The van der Waals surface area contributed by atoms with Crippen molar-refractivity contribution in [3.63, 3.8) is 0 Å². The van der Waals surface area contributed by atoms with Crippen LogP contribution in [-0.4, -0.2) is 21.8 Å². The molecule has 0 aliphatic carbocycles. The zero-order chi connectivity index (χ0) is 16.7. The Morgan fingerprint density at radius 1 is 1.00 bits per heavy atom. The maximum atomic E-state index is 12.1. The van der Waals surface area contributed by atoms with Crippen molar-refractivity contribution in [1.82, 2.24) is 9.97 Å². The van der Waals surface area contributed by atoms with Crippen LogP contribution in [0.1, 0.15) is 37.0 Å². The fourth-order valence-corrected chi connectivity index (χ4v) is 2.15. The molecule has 2 rings (SSSR count). The van der Waals surface area contributed by atoms with E-state index >= 15 is 0 Å². The summed E-state index contributed by atoms with van der Waals surface area (Å²) in [5.74, 6) is -0.0317. The molecule has 2 amide bonds. The van der Waals surface area contributed by atoms with E-state index in [0.717, 1.165) is 12.8 Å². The predicted molar refractivity (Wildman–Crippen MR) is 89.1 cm³/mol. The third kappa shape index (κ3) is 4.60. The number of hydrogen-bond donors (Lipinski definition) is 2. The molecule has 2 N–H and O–H groups in total. The van der Waals surface area contributed by atoms with Gasteiger partial charge in [-0.2, -0.15) is 0 Å². The largest absolute Gasteiger partial charge is 0.326 e. The van der Waals surface area contributed by atoms with Gasteiger partial charge in [-0.25, -0.2) is 9.97 Å². The summed E-state index contributed by atoms with van der Waals surface area (Å²) in [5.41, 5.74) is 1.15. The number of amides is 2. The first-order valence-electron chi connectivity index (χ1n) is 7.63. The average Bonchev–Trinajstić information content (AvgIpc) is 2.57. The van der Waals surface area contributed by atoms with Crippen LogP contribution in [0.5, 0.6) is 0 Å². The van der Waals surface area contributed by atoms with Gasteiger partial charge in [0.2, 0.25) is 11.9 Å². The highest BCUT2D eigenvalue weighted by Crippen LogP contribution is 2.14. The molecule has 0 spiro atoms. The van der Waals surface area contributed by atoms with E-state index in [1.54, 1.807) is 42.7 Å². The highest BCUT2D eigenvalue weighted by molar-refractivity contribution is 6.03. The van der Waals surface area contributed by atoms with Gasteiger partial charge in [0.1, 0.15) is 0 Å². The van der Waals surface area contributed by atoms with Crippen molar-refractivity contribution in [2.24, 2.45) is 5.92 Å². The van der Waals surface area contributed by atoms with E-state index < -0.39 is 0 Å². The molecule has 2 aromatic rings. The number of carbonyl (C=O) groups is 2. The van der Waals surface area contributed by atoms with Crippen LogP contribution in [-0.2, 0) is 4.79 Å². The molecule has 0 aliphatic heterocycles. The predicted octanol–water partition coefficient (Wildman–Crippen LogP) is 3.10. The normalized spacial score (nSPS) is 10.4. The Labute approximate surface area is 135 Å². The molecule has 0 atom stereocenters. The molecule has 1 aromatic carbocycles. The minimum absolute atomic E-state index is 0.00453. The molecule has 0 saturated carbocycles. The molecule has 0 radical (unpaired) electrons. The maximum absolute atomic E-state index is 12.1. The first-order chi connectivity index (χ1) is 11.1. The van der Waals surface area contributed by atoms with Crippen LogP contribution < -0.4 is 10.6 Å². The molecule has 0 unspecified atom stereocenters. The van der Waals surface area contributed by atoms with Crippen molar-refractivity contribution in [3.05, 3.63) is 48.3 Å². The molecule has 0 aliphatic rings. The van der Waals surface area contributed by atoms with Crippen molar-refractivity contribution in [2.75, 3.05) is 10.6 Å². The van der Waals surface area contributed by atoms with E-state index in [2.05, 4.69) is 20.6 Å². The van der Waals surface area contributed by atoms with E-state index in [9.17, 15) is 9.59 Å². The standard InChI is InChI=1S/C17H20N4O2/c1-3-12(4-2)15(22)20-14-8-6-13(7-9-14)16(23)21-17-18-10-5-11-19-17/h5-12H,3-4H2,1-2H3,(H,20,22)(H,18,19,21,23). The molecule has 6 heteroatoms. The quantitative estimate of drug-likeness (QED) is 0.858. The van der Waals surface area contributed by atoms with Crippen molar-refractivity contribution < 1.29 is 9.59 Å². The SMILES string of the molecule is CCC(CC)C(=O)Nc1ccc(C(=O)Nc2ncccn2)cc1. The minimum Gasteiger partial charge on any atom is -0.326 e. The molecular formula is C17H20N4O2. The third-order valence-corrected chi connectivity index (χ3v) is 3.56. The van der Waals surface area contributed by atoms with Crippen LogP contribution in [0.15, 0.2) is 42.7 Å². The first kappa shape index (κ1) is 16.6. The second-order valence-corrected chi connectivity index (χ2v) is 5.11. The van der Waals surface area contributed by atoms with Crippen LogP contribution in [0.3, 0.4) is 0 Å². The topological polar surface area (TPSA) is 84.0 Å². The number of nitrogens with one attached hydrogen (secondary N) is 2. The lowest BCUT2D eigenvalue weighted by Crippen LogP contribution is -2.21. The Balaban J connectivity index is 1.99. The average molecular weight is 312 g/mol. The number of hydrogen-bond acceptors (Lipinski definition) is 4. The molecule has 1 aromatic heterocycles. The number of aromatic nitrogens is 2. The van der Waals surface area contributed by atoms with Gasteiger partial charge in [-0.05, 0) is 43.2 Å². The van der Waals surface area contributed by atoms with E-state index in [0.29, 0.717) is 11.3 Å². The van der Waals surface area contributed by atoms with E-state index in [4.69, 9.17) is 0 Å². The monoisotopic (exact) mass is 312 g/mol. The van der Waals surface area contributed by atoms with Crippen molar-refractivity contribution >= 4 is 23.5 Å². The zero-order valence-electron chi connectivity index (χ0n) is 13.2. The Hall–Kier alpha value is -2.76. The van der Waals surface area contributed by atoms with Gasteiger partial charge in [0.05, 0.1) is 0 Å². The summed E-state index contributed by atoms with van der Waals surface area (Å²) in [7, 11) is 0. The molecule has 120 valence electrons. The Bertz CT molecular complexity index is 652. The van der Waals surface area contributed by atoms with Gasteiger partial charge in [0.25, 0.3) is 5.91 Å². The summed E-state index contributed by atoms with van der Waals surface area (Å²) in [6.45, 7) is 3.99. The van der Waals surface area contributed by atoms with Crippen molar-refractivity contribution in [1.29, 1.82) is 0 Å². The summed E-state index contributed by atoms with van der Waals surface area (Å²) in [4.78, 5) is 32.0. The van der Waals surface area contributed by atoms with E-state index in [-0.39, 0.29) is 23.7 Å². The molecule has 0 bridgehead atoms. The van der Waals surface area contributed by atoms with Crippen molar-refractivity contribution in [3.8, 4) is 0 Å². The van der Waals surface area contributed by atoms with Crippen LogP contribution >= 0.6 is 0 Å². The number of nitrogens with zero attached hydrogens (tertiary/aromatic N) is 2. The van der Waals surface area contributed by atoms with Gasteiger partial charge in [0, 0.05) is 29.6 Å². The van der Waals surface area contributed by atoms with Gasteiger partial charge >= 0.3 is 0 Å². The van der Waals surface area contributed by atoms with Crippen LogP contribution in [0, 0.1) is 5.92 Å². The Morgan fingerprint density at radius 3 is 2.17 bits per heavy atom. The molecule has 6 nitrogen and oxygen atoms in total. The highest BCUT2D eigenvalue weighted by atomic mass is 16.2. The zero-order valence-corrected chi connectivity index (χ0v) is 13.2. The first-order valence-corrected chi connectivity index (χ1v) is 7.63. The van der Waals surface area contributed by atoms with Gasteiger partial charge in [-0.3, -0.25) is 14.9 Å². The lowest BCUT2D eigenvalue weighted by molar-refractivity contribution is -0.120. The van der Waals surface area contributed by atoms with Crippen LogP contribution in [0.25, 0.3) is 0 Å². The molecule has 1 heterocycles. The molecule has 0 saturated heterocycles. The minimum atomic E-state index is -0.297. The Kier molecular flexibility index (Phi) is 5.80.